The summed E-state index contributed by atoms with van der Waals surface area (Å²) in [6, 6.07) is 5.33. The topological polar surface area (TPSA) is 29.3 Å². The van der Waals surface area contributed by atoms with Gasteiger partial charge in [-0.2, -0.15) is 0 Å². The summed E-state index contributed by atoms with van der Waals surface area (Å²) in [6.07, 6.45) is 3.89. The van der Waals surface area contributed by atoms with Gasteiger partial charge in [-0.1, -0.05) is 25.5 Å². The third-order valence-electron chi connectivity index (χ3n) is 3.92. The molecule has 1 atom stereocenters. The molecule has 3 heteroatoms. The first kappa shape index (κ1) is 13.5. The van der Waals surface area contributed by atoms with Crippen LogP contribution < -0.4 is 5.73 Å². The lowest BCUT2D eigenvalue weighted by Gasteiger charge is -2.32. The minimum absolute atomic E-state index is 0.189. The number of hydrogen-bond donors (Lipinski definition) is 1. The monoisotopic (exact) mass is 250 g/mol. The van der Waals surface area contributed by atoms with Crippen molar-refractivity contribution in [2.24, 2.45) is 11.7 Å². The van der Waals surface area contributed by atoms with E-state index < -0.39 is 0 Å². The number of halogens is 1. The van der Waals surface area contributed by atoms with E-state index in [1.54, 1.807) is 6.07 Å². The lowest BCUT2D eigenvalue weighted by atomic mass is 9.95. The minimum atomic E-state index is -0.189. The summed E-state index contributed by atoms with van der Waals surface area (Å²) in [5, 5.41) is 0. The second-order valence-corrected chi connectivity index (χ2v) is 5.28. The lowest BCUT2D eigenvalue weighted by Crippen LogP contribution is -2.34. The van der Waals surface area contributed by atoms with Crippen LogP contribution >= 0.6 is 0 Å². The average Bonchev–Trinajstić information content (AvgIpc) is 2.41. The predicted molar refractivity (Wildman–Crippen MR) is 72.6 cm³/mol. The van der Waals surface area contributed by atoms with Crippen molar-refractivity contribution in [2.45, 2.75) is 39.3 Å². The van der Waals surface area contributed by atoms with Crippen LogP contribution in [0.1, 0.15) is 37.3 Å². The first-order chi connectivity index (χ1) is 8.72. The maximum absolute atomic E-state index is 13.4. The highest BCUT2D eigenvalue weighted by Gasteiger charge is 2.18. The van der Waals surface area contributed by atoms with Crippen LogP contribution in [0.3, 0.4) is 0 Å². The number of nitrogens with two attached hydrogens (primary N) is 1. The standard InChI is InChI=1S/C15H23FN2/c1-2-12-4-3-7-18(10-12)11-13-5-6-15(16)14(8-13)9-17/h5-6,8,12H,2-4,7,9-11,17H2,1H3. The molecule has 0 bridgehead atoms. The van der Waals surface area contributed by atoms with Crippen LogP contribution in [-0.4, -0.2) is 18.0 Å². The average molecular weight is 250 g/mol. The molecule has 2 rings (SSSR count). The fourth-order valence-corrected chi connectivity index (χ4v) is 2.77. The van der Waals surface area contributed by atoms with Crippen LogP contribution in [-0.2, 0) is 13.1 Å². The molecule has 0 aliphatic carbocycles. The van der Waals surface area contributed by atoms with E-state index in [1.165, 1.54) is 31.4 Å². The van der Waals surface area contributed by atoms with Crippen molar-refractivity contribution in [1.82, 2.24) is 4.90 Å². The molecule has 0 saturated carbocycles. The lowest BCUT2D eigenvalue weighted by molar-refractivity contribution is 0.164. The van der Waals surface area contributed by atoms with Crippen LogP contribution in [0.4, 0.5) is 4.39 Å². The van der Waals surface area contributed by atoms with Gasteiger partial charge in [-0.15, -0.1) is 0 Å². The normalized spacial score (nSPS) is 21.2. The van der Waals surface area contributed by atoms with E-state index in [9.17, 15) is 4.39 Å². The third kappa shape index (κ3) is 3.30. The first-order valence-electron chi connectivity index (χ1n) is 6.92. The van der Waals surface area contributed by atoms with Gasteiger partial charge in [0.05, 0.1) is 0 Å². The Kier molecular flexibility index (Phi) is 4.72. The summed E-state index contributed by atoms with van der Waals surface area (Å²) >= 11 is 0. The fraction of sp³-hybridized carbons (Fsp3) is 0.600. The summed E-state index contributed by atoms with van der Waals surface area (Å²) < 4.78 is 13.4. The molecule has 2 nitrogen and oxygen atoms in total. The van der Waals surface area contributed by atoms with Gasteiger partial charge < -0.3 is 5.73 Å². The molecular weight excluding hydrogens is 227 g/mol. The molecule has 1 saturated heterocycles. The van der Waals surface area contributed by atoms with Crippen molar-refractivity contribution in [3.05, 3.63) is 35.1 Å². The maximum atomic E-state index is 13.4. The van der Waals surface area contributed by atoms with Crippen LogP contribution in [0.25, 0.3) is 0 Å². The summed E-state index contributed by atoms with van der Waals surface area (Å²) in [5.41, 5.74) is 7.34. The predicted octanol–water partition coefficient (Wildman–Crippen LogP) is 2.91. The van der Waals surface area contributed by atoms with Gasteiger partial charge in [0.25, 0.3) is 0 Å². The van der Waals surface area contributed by atoms with Crippen molar-refractivity contribution < 1.29 is 4.39 Å². The van der Waals surface area contributed by atoms with Crippen LogP contribution in [0, 0.1) is 11.7 Å². The first-order valence-corrected chi connectivity index (χ1v) is 6.92. The largest absolute Gasteiger partial charge is 0.326 e. The number of nitrogens with zero attached hydrogens (tertiary/aromatic N) is 1. The van der Waals surface area contributed by atoms with Crippen LogP contribution in [0.5, 0.6) is 0 Å². The Balaban J connectivity index is 2.00. The van der Waals surface area contributed by atoms with Gasteiger partial charge >= 0.3 is 0 Å². The summed E-state index contributed by atoms with van der Waals surface area (Å²) in [7, 11) is 0. The van der Waals surface area contributed by atoms with E-state index in [4.69, 9.17) is 5.73 Å². The van der Waals surface area contributed by atoms with Crippen molar-refractivity contribution >= 4 is 0 Å². The Morgan fingerprint density at radius 2 is 2.28 bits per heavy atom. The highest BCUT2D eigenvalue weighted by molar-refractivity contribution is 5.25. The van der Waals surface area contributed by atoms with Gasteiger partial charge in [0.2, 0.25) is 0 Å². The zero-order valence-electron chi connectivity index (χ0n) is 11.2. The quantitative estimate of drug-likeness (QED) is 0.890. The number of rotatable bonds is 4. The number of piperidine rings is 1. The molecule has 1 aromatic carbocycles. The van der Waals surface area contributed by atoms with Crippen LogP contribution in [0.15, 0.2) is 18.2 Å². The van der Waals surface area contributed by atoms with Crippen molar-refractivity contribution in [1.29, 1.82) is 0 Å². The molecule has 0 aromatic heterocycles. The van der Waals surface area contributed by atoms with Crippen LogP contribution in [0.2, 0.25) is 0 Å². The Hall–Kier alpha value is -0.930. The smallest absolute Gasteiger partial charge is 0.127 e. The van der Waals surface area contributed by atoms with E-state index in [-0.39, 0.29) is 12.4 Å². The highest BCUT2D eigenvalue weighted by Crippen LogP contribution is 2.21. The molecule has 1 unspecified atom stereocenters. The third-order valence-corrected chi connectivity index (χ3v) is 3.92. The molecule has 1 fully saturated rings. The number of likely N-dealkylation sites (tertiary alicyclic amines) is 1. The molecule has 100 valence electrons. The number of benzene rings is 1. The molecule has 1 heterocycles. The Morgan fingerprint density at radius 3 is 3.00 bits per heavy atom. The second-order valence-electron chi connectivity index (χ2n) is 5.28. The van der Waals surface area contributed by atoms with Gasteiger partial charge in [0.1, 0.15) is 5.82 Å². The second kappa shape index (κ2) is 6.30. The van der Waals surface area contributed by atoms with Crippen molar-refractivity contribution in [3.8, 4) is 0 Å². The molecule has 0 spiro atoms. The van der Waals surface area contributed by atoms with Gasteiger partial charge in [-0.25, -0.2) is 4.39 Å². The Morgan fingerprint density at radius 1 is 1.44 bits per heavy atom. The zero-order valence-corrected chi connectivity index (χ0v) is 11.2. The maximum Gasteiger partial charge on any atom is 0.127 e. The Bertz CT molecular complexity index is 392. The summed E-state index contributed by atoms with van der Waals surface area (Å²) in [5.74, 6) is 0.638. The highest BCUT2D eigenvalue weighted by atomic mass is 19.1. The van der Waals surface area contributed by atoms with E-state index in [0.717, 1.165) is 19.0 Å². The molecule has 2 N–H and O–H groups in total. The Labute approximate surface area is 109 Å². The summed E-state index contributed by atoms with van der Waals surface area (Å²) in [4.78, 5) is 2.48. The van der Waals surface area contributed by atoms with E-state index in [1.807, 2.05) is 12.1 Å². The molecule has 18 heavy (non-hydrogen) atoms. The molecule has 0 amide bonds. The fourth-order valence-electron chi connectivity index (χ4n) is 2.77. The van der Waals surface area contributed by atoms with Gasteiger partial charge in [-0.05, 0) is 36.9 Å². The SMILES string of the molecule is CCC1CCCN(Cc2ccc(F)c(CN)c2)C1. The molecular formula is C15H23FN2. The molecule has 1 aliphatic rings. The van der Waals surface area contributed by atoms with E-state index in [2.05, 4.69) is 11.8 Å². The zero-order chi connectivity index (χ0) is 13.0. The van der Waals surface area contributed by atoms with Crippen molar-refractivity contribution in [2.75, 3.05) is 13.1 Å². The van der Waals surface area contributed by atoms with Gasteiger partial charge in [0, 0.05) is 25.2 Å². The van der Waals surface area contributed by atoms with Crippen molar-refractivity contribution in [3.63, 3.8) is 0 Å². The number of hydrogen-bond acceptors (Lipinski definition) is 2. The van der Waals surface area contributed by atoms with E-state index >= 15 is 0 Å². The molecule has 1 aromatic rings. The van der Waals surface area contributed by atoms with E-state index in [0.29, 0.717) is 5.56 Å². The molecule has 0 radical (unpaired) electrons. The molecule has 1 aliphatic heterocycles. The minimum Gasteiger partial charge on any atom is -0.326 e. The van der Waals surface area contributed by atoms with Gasteiger partial charge in [-0.3, -0.25) is 4.90 Å². The summed E-state index contributed by atoms with van der Waals surface area (Å²) in [6.45, 7) is 5.79. The van der Waals surface area contributed by atoms with Gasteiger partial charge in [0.15, 0.2) is 0 Å².